The van der Waals surface area contributed by atoms with Crippen LogP contribution in [0.4, 0.5) is 5.69 Å². The molecule has 2 N–H and O–H groups in total. The van der Waals surface area contributed by atoms with E-state index in [0.717, 1.165) is 5.56 Å². The lowest BCUT2D eigenvalue weighted by Gasteiger charge is -2.20. The minimum absolute atomic E-state index is 0.0567. The zero-order valence-corrected chi connectivity index (χ0v) is 16.0. The van der Waals surface area contributed by atoms with Crippen LogP contribution in [0.5, 0.6) is 5.75 Å². The highest BCUT2D eigenvalue weighted by molar-refractivity contribution is 7.92. The Hall–Kier alpha value is -2.29. The molecule has 7 nitrogen and oxygen atoms in total. The Labute approximate surface area is 162 Å². The van der Waals surface area contributed by atoms with Gasteiger partial charge in [-0.2, -0.15) is 0 Å². The van der Waals surface area contributed by atoms with Crippen LogP contribution in [0.3, 0.4) is 0 Å². The molecule has 2 aromatic carbocycles. The first-order valence-electron chi connectivity index (χ1n) is 8.34. The van der Waals surface area contributed by atoms with Gasteiger partial charge in [-0.25, -0.2) is 8.42 Å². The third-order valence-electron chi connectivity index (χ3n) is 4.13. The highest BCUT2D eigenvalue weighted by Gasteiger charge is 2.31. The number of carbonyl (C=O) groups is 1. The predicted molar refractivity (Wildman–Crippen MR) is 102 cm³/mol. The Morgan fingerprint density at radius 2 is 2.04 bits per heavy atom. The molecule has 27 heavy (non-hydrogen) atoms. The molecule has 2 aromatic rings. The van der Waals surface area contributed by atoms with Gasteiger partial charge in [0.25, 0.3) is 15.9 Å². The molecule has 0 bridgehead atoms. The van der Waals surface area contributed by atoms with Gasteiger partial charge in [0.05, 0.1) is 22.2 Å². The third kappa shape index (κ3) is 4.18. The predicted octanol–water partition coefficient (Wildman–Crippen LogP) is 1.58. The number of fused-ring (bicyclic) bond motifs is 1. The number of anilines is 1. The average Bonchev–Trinajstić information content (AvgIpc) is 3.10. The molecule has 0 saturated carbocycles. The van der Waals surface area contributed by atoms with Crippen molar-refractivity contribution in [2.24, 2.45) is 0 Å². The number of aliphatic hydroxyl groups is 1. The Balaban J connectivity index is 1.76. The van der Waals surface area contributed by atoms with Crippen molar-refractivity contribution in [3.63, 3.8) is 0 Å². The molecule has 3 rings (SSSR count). The van der Waals surface area contributed by atoms with Gasteiger partial charge in [0.15, 0.2) is 6.61 Å². The fraction of sp³-hybridized carbons (Fsp3) is 0.278. The number of hydrogen-bond acceptors (Lipinski definition) is 5. The standard InChI is InChI=1S/C18H19ClN2O5S/c19-15-11-14(5-6-17(15)26-12-18(23)20-8-10-22)27(24,25)21-9-7-13-3-1-2-4-16(13)21/h1-6,11,22H,7-10,12H2,(H,20,23). The van der Waals surface area contributed by atoms with Crippen LogP contribution in [0, 0.1) is 0 Å². The molecule has 0 aliphatic carbocycles. The summed E-state index contributed by atoms with van der Waals surface area (Å²) in [6.07, 6.45) is 0.660. The number of benzene rings is 2. The van der Waals surface area contributed by atoms with Crippen LogP contribution in [0.1, 0.15) is 5.56 Å². The van der Waals surface area contributed by atoms with Crippen molar-refractivity contribution in [2.75, 3.05) is 30.6 Å². The summed E-state index contributed by atoms with van der Waals surface area (Å²) >= 11 is 6.15. The summed E-state index contributed by atoms with van der Waals surface area (Å²) in [6.45, 7) is 0.0526. The second-order valence-electron chi connectivity index (χ2n) is 5.91. The van der Waals surface area contributed by atoms with Crippen molar-refractivity contribution in [2.45, 2.75) is 11.3 Å². The number of aliphatic hydroxyl groups excluding tert-OH is 1. The Bertz CT molecular complexity index is 949. The molecule has 1 aliphatic heterocycles. The summed E-state index contributed by atoms with van der Waals surface area (Å²) in [7, 11) is -3.75. The lowest BCUT2D eigenvalue weighted by molar-refractivity contribution is -0.123. The van der Waals surface area contributed by atoms with E-state index in [1.54, 1.807) is 12.1 Å². The third-order valence-corrected chi connectivity index (χ3v) is 6.23. The first-order chi connectivity index (χ1) is 12.9. The maximum atomic E-state index is 13.0. The van der Waals surface area contributed by atoms with Crippen molar-refractivity contribution in [1.82, 2.24) is 5.32 Å². The van der Waals surface area contributed by atoms with Gasteiger partial charge >= 0.3 is 0 Å². The van der Waals surface area contributed by atoms with E-state index in [-0.39, 0.29) is 35.4 Å². The molecular weight excluding hydrogens is 392 g/mol. The molecule has 1 heterocycles. The van der Waals surface area contributed by atoms with Crippen LogP contribution < -0.4 is 14.4 Å². The van der Waals surface area contributed by atoms with Crippen molar-refractivity contribution >= 4 is 33.2 Å². The number of nitrogens with zero attached hydrogens (tertiary/aromatic N) is 1. The fourth-order valence-electron chi connectivity index (χ4n) is 2.83. The summed E-state index contributed by atoms with van der Waals surface area (Å²) in [5.74, 6) is -0.206. The van der Waals surface area contributed by atoms with Crippen LogP contribution in [-0.4, -0.2) is 45.7 Å². The summed E-state index contributed by atoms with van der Waals surface area (Å²) in [4.78, 5) is 11.6. The van der Waals surface area contributed by atoms with Crippen LogP contribution in [0.2, 0.25) is 5.02 Å². The second-order valence-corrected chi connectivity index (χ2v) is 8.18. The SMILES string of the molecule is O=C(COc1ccc(S(=O)(=O)N2CCc3ccccc32)cc1Cl)NCCO. The molecular formula is C18H19ClN2O5S. The van der Waals surface area contributed by atoms with Crippen LogP contribution >= 0.6 is 11.6 Å². The van der Waals surface area contributed by atoms with E-state index in [1.807, 2.05) is 12.1 Å². The number of sulfonamides is 1. The van der Waals surface area contributed by atoms with Gasteiger partial charge in [-0.15, -0.1) is 0 Å². The zero-order valence-electron chi connectivity index (χ0n) is 14.4. The molecule has 0 saturated heterocycles. The quantitative estimate of drug-likeness (QED) is 0.722. The molecule has 0 aromatic heterocycles. The summed E-state index contributed by atoms with van der Waals surface area (Å²) < 4.78 is 32.7. The summed E-state index contributed by atoms with van der Waals surface area (Å²) in [5, 5.41) is 11.2. The molecule has 144 valence electrons. The lowest BCUT2D eigenvalue weighted by atomic mass is 10.2. The molecule has 0 atom stereocenters. The molecule has 0 spiro atoms. The van der Waals surface area contributed by atoms with E-state index in [4.69, 9.17) is 21.4 Å². The monoisotopic (exact) mass is 410 g/mol. The lowest BCUT2D eigenvalue weighted by Crippen LogP contribution is -2.31. The normalized spacial score (nSPS) is 13.3. The Morgan fingerprint density at radius 1 is 1.26 bits per heavy atom. The van der Waals surface area contributed by atoms with Crippen molar-refractivity contribution in [1.29, 1.82) is 0 Å². The highest BCUT2D eigenvalue weighted by Crippen LogP contribution is 2.34. The number of nitrogens with one attached hydrogen (secondary N) is 1. The van der Waals surface area contributed by atoms with Gasteiger partial charge in [-0.05, 0) is 36.2 Å². The van der Waals surface area contributed by atoms with Gasteiger partial charge in [0.2, 0.25) is 0 Å². The number of rotatable bonds is 7. The van der Waals surface area contributed by atoms with Crippen molar-refractivity contribution in [3.8, 4) is 5.75 Å². The minimum atomic E-state index is -3.75. The number of para-hydroxylation sites is 1. The molecule has 0 radical (unpaired) electrons. The maximum absolute atomic E-state index is 13.0. The van der Waals surface area contributed by atoms with Crippen LogP contribution in [-0.2, 0) is 21.2 Å². The van der Waals surface area contributed by atoms with Crippen LogP contribution in [0.15, 0.2) is 47.4 Å². The number of hydrogen-bond donors (Lipinski definition) is 2. The van der Waals surface area contributed by atoms with E-state index in [2.05, 4.69) is 5.32 Å². The average molecular weight is 411 g/mol. The molecule has 0 fully saturated rings. The van der Waals surface area contributed by atoms with Crippen molar-refractivity contribution in [3.05, 3.63) is 53.1 Å². The Morgan fingerprint density at radius 3 is 2.78 bits per heavy atom. The van der Waals surface area contributed by atoms with Gasteiger partial charge in [0, 0.05) is 13.1 Å². The number of carbonyl (C=O) groups excluding carboxylic acids is 1. The highest BCUT2D eigenvalue weighted by atomic mass is 35.5. The van der Waals surface area contributed by atoms with Crippen molar-refractivity contribution < 1.29 is 23.1 Å². The smallest absolute Gasteiger partial charge is 0.264 e. The molecule has 0 unspecified atom stereocenters. The van der Waals surface area contributed by atoms with Crippen LogP contribution in [0.25, 0.3) is 0 Å². The fourth-order valence-corrected chi connectivity index (χ4v) is 4.66. The van der Waals surface area contributed by atoms with E-state index in [0.29, 0.717) is 18.7 Å². The van der Waals surface area contributed by atoms with E-state index < -0.39 is 15.9 Å². The van der Waals surface area contributed by atoms with E-state index in [9.17, 15) is 13.2 Å². The van der Waals surface area contributed by atoms with Gasteiger partial charge in [-0.1, -0.05) is 29.8 Å². The summed E-state index contributed by atoms with van der Waals surface area (Å²) in [5.41, 5.74) is 1.66. The van der Waals surface area contributed by atoms with Gasteiger partial charge in [0.1, 0.15) is 5.75 Å². The van der Waals surface area contributed by atoms with Gasteiger partial charge in [-0.3, -0.25) is 9.10 Å². The second kappa shape index (κ2) is 8.16. The first kappa shape index (κ1) is 19.5. The topological polar surface area (TPSA) is 95.9 Å². The Kier molecular flexibility index (Phi) is 5.88. The summed E-state index contributed by atoms with van der Waals surface area (Å²) in [6, 6.07) is 11.5. The largest absolute Gasteiger partial charge is 0.482 e. The number of amides is 1. The maximum Gasteiger partial charge on any atom is 0.264 e. The molecule has 1 aliphatic rings. The van der Waals surface area contributed by atoms with Gasteiger partial charge < -0.3 is 15.2 Å². The molecule has 9 heteroatoms. The van der Waals surface area contributed by atoms with E-state index >= 15 is 0 Å². The van der Waals surface area contributed by atoms with E-state index in [1.165, 1.54) is 22.5 Å². The number of halogens is 1. The zero-order chi connectivity index (χ0) is 19.4. The first-order valence-corrected chi connectivity index (χ1v) is 10.2. The molecule has 1 amide bonds. The minimum Gasteiger partial charge on any atom is -0.482 e. The number of ether oxygens (including phenoxy) is 1.